The summed E-state index contributed by atoms with van der Waals surface area (Å²) in [7, 11) is 0. The van der Waals surface area contributed by atoms with Crippen molar-refractivity contribution in [2.75, 3.05) is 0 Å². The summed E-state index contributed by atoms with van der Waals surface area (Å²) in [6.45, 7) is 0.0418. The summed E-state index contributed by atoms with van der Waals surface area (Å²) < 4.78 is 19.9. The van der Waals surface area contributed by atoms with E-state index < -0.39 is 17.3 Å². The van der Waals surface area contributed by atoms with Gasteiger partial charge in [0.05, 0.1) is 12.4 Å². The highest BCUT2D eigenvalue weighted by Gasteiger charge is 2.39. The van der Waals surface area contributed by atoms with Crippen LogP contribution in [0.25, 0.3) is 5.65 Å². The Balaban J connectivity index is 1.73. The Morgan fingerprint density at radius 3 is 2.77 bits per heavy atom. The Kier molecular flexibility index (Phi) is 4.20. The average Bonchev–Trinajstić information content (AvgIpc) is 3.37. The van der Waals surface area contributed by atoms with Gasteiger partial charge >= 0.3 is 5.97 Å². The van der Waals surface area contributed by atoms with E-state index in [1.807, 2.05) is 30.3 Å². The molecule has 0 spiro atoms. The first-order valence-electron chi connectivity index (χ1n) is 8.10. The zero-order valence-electron chi connectivity index (χ0n) is 13.6. The number of ether oxygens (including phenoxy) is 1. The Morgan fingerprint density at radius 1 is 1.35 bits per heavy atom. The number of benzene rings is 1. The summed E-state index contributed by atoms with van der Waals surface area (Å²) in [4.78, 5) is 29.1. The number of halogens is 2. The van der Waals surface area contributed by atoms with Crippen LogP contribution in [0, 0.1) is 5.82 Å². The molecule has 3 aromatic rings. The van der Waals surface area contributed by atoms with Crippen LogP contribution >= 0.6 is 11.6 Å². The van der Waals surface area contributed by atoms with Crippen LogP contribution in [0.4, 0.5) is 4.39 Å². The standard InChI is InChI=1S/C19H14ClFN2O3/c20-16-7-13(16)14-6-15(18(24)23-9-12(21)8-22-17(14)23)19(25)26-10-11-4-2-1-3-5-11/h1-6,8-9,13,16H,7,10H2. The largest absolute Gasteiger partial charge is 0.457 e. The van der Waals surface area contributed by atoms with Gasteiger partial charge in [-0.25, -0.2) is 14.2 Å². The Labute approximate surface area is 153 Å². The number of nitrogens with zero attached hydrogens (tertiary/aromatic N) is 2. The molecule has 0 amide bonds. The fourth-order valence-electron chi connectivity index (χ4n) is 2.89. The van der Waals surface area contributed by atoms with E-state index in [0.717, 1.165) is 22.4 Å². The van der Waals surface area contributed by atoms with Crippen molar-refractivity contribution in [3.8, 4) is 0 Å². The van der Waals surface area contributed by atoms with Gasteiger partial charge in [0.1, 0.15) is 17.8 Å². The molecule has 0 bridgehead atoms. The molecule has 1 aliphatic rings. The van der Waals surface area contributed by atoms with Crippen LogP contribution in [0.2, 0.25) is 0 Å². The smallest absolute Gasteiger partial charge is 0.344 e. The summed E-state index contributed by atoms with van der Waals surface area (Å²) in [6.07, 6.45) is 2.78. The molecule has 0 N–H and O–H groups in total. The van der Waals surface area contributed by atoms with Crippen LogP contribution in [-0.2, 0) is 11.3 Å². The molecule has 132 valence electrons. The summed E-state index contributed by atoms with van der Waals surface area (Å²) in [6, 6.07) is 10.6. The minimum atomic E-state index is -0.759. The summed E-state index contributed by atoms with van der Waals surface area (Å²) in [5.41, 5.74) is 0.940. The molecule has 1 saturated carbocycles. The molecule has 0 aliphatic heterocycles. The molecule has 0 saturated heterocycles. The van der Waals surface area contributed by atoms with Crippen LogP contribution < -0.4 is 5.56 Å². The number of rotatable bonds is 4. The number of aromatic nitrogens is 2. The minimum absolute atomic E-state index is 0.0223. The van der Waals surface area contributed by atoms with Crippen molar-refractivity contribution in [1.82, 2.24) is 9.38 Å². The van der Waals surface area contributed by atoms with Crippen molar-refractivity contribution in [2.45, 2.75) is 24.3 Å². The maximum atomic E-state index is 13.6. The Morgan fingerprint density at radius 2 is 2.08 bits per heavy atom. The molecule has 2 aromatic heterocycles. The lowest BCUT2D eigenvalue weighted by Gasteiger charge is -2.10. The molecular weight excluding hydrogens is 359 g/mol. The fourth-order valence-corrected chi connectivity index (χ4v) is 3.22. The maximum Gasteiger partial charge on any atom is 0.344 e. The topological polar surface area (TPSA) is 60.7 Å². The molecular formula is C19H14ClFN2O3. The lowest BCUT2D eigenvalue weighted by molar-refractivity contribution is 0.0470. The Hall–Kier alpha value is -2.73. The molecule has 2 unspecified atom stereocenters. The number of pyridine rings is 1. The van der Waals surface area contributed by atoms with E-state index in [4.69, 9.17) is 16.3 Å². The highest BCUT2D eigenvalue weighted by Crippen LogP contribution is 2.46. The Bertz CT molecular complexity index is 1050. The van der Waals surface area contributed by atoms with Crippen LogP contribution in [0.3, 0.4) is 0 Å². The van der Waals surface area contributed by atoms with Crippen molar-refractivity contribution >= 4 is 23.2 Å². The number of fused-ring (bicyclic) bond motifs is 1. The van der Waals surface area contributed by atoms with Gasteiger partial charge in [-0.2, -0.15) is 0 Å². The van der Waals surface area contributed by atoms with Crippen molar-refractivity contribution in [3.05, 3.63) is 81.7 Å². The highest BCUT2D eigenvalue weighted by atomic mass is 35.5. The number of hydrogen-bond donors (Lipinski definition) is 0. The van der Waals surface area contributed by atoms with Crippen molar-refractivity contribution in [3.63, 3.8) is 0 Å². The van der Waals surface area contributed by atoms with Crippen LogP contribution in [0.1, 0.15) is 33.8 Å². The minimum Gasteiger partial charge on any atom is -0.457 e. The monoisotopic (exact) mass is 372 g/mol. The number of alkyl halides is 1. The van der Waals surface area contributed by atoms with E-state index in [-0.39, 0.29) is 23.5 Å². The maximum absolute atomic E-state index is 13.6. The van der Waals surface area contributed by atoms with Gasteiger partial charge in [-0.05, 0) is 18.1 Å². The molecule has 5 nitrogen and oxygen atoms in total. The van der Waals surface area contributed by atoms with Gasteiger partial charge in [-0.1, -0.05) is 30.3 Å². The van der Waals surface area contributed by atoms with Crippen LogP contribution in [0.5, 0.6) is 0 Å². The molecule has 1 aromatic carbocycles. The normalized spacial score (nSPS) is 18.7. The second-order valence-electron chi connectivity index (χ2n) is 6.20. The van der Waals surface area contributed by atoms with Crippen LogP contribution in [0.15, 0.2) is 53.6 Å². The van der Waals surface area contributed by atoms with E-state index in [1.54, 1.807) is 0 Å². The molecule has 7 heteroatoms. The third kappa shape index (κ3) is 3.08. The van der Waals surface area contributed by atoms with Gasteiger partial charge < -0.3 is 4.74 Å². The van der Waals surface area contributed by atoms with Gasteiger partial charge in [0.25, 0.3) is 5.56 Å². The number of hydrogen-bond acceptors (Lipinski definition) is 4. The van der Waals surface area contributed by atoms with Gasteiger partial charge in [-0.15, -0.1) is 11.6 Å². The first-order valence-corrected chi connectivity index (χ1v) is 8.54. The SMILES string of the molecule is O=C(OCc1ccccc1)c1cc(C2CC2Cl)c2ncc(F)cn2c1=O. The predicted octanol–water partition coefficient (Wildman–Crippen LogP) is 3.29. The summed E-state index contributed by atoms with van der Waals surface area (Å²) >= 11 is 6.13. The predicted molar refractivity (Wildman–Crippen MR) is 94.0 cm³/mol. The van der Waals surface area contributed by atoms with Crippen molar-refractivity contribution in [2.24, 2.45) is 0 Å². The first-order chi connectivity index (χ1) is 12.5. The van der Waals surface area contributed by atoms with E-state index in [2.05, 4.69) is 4.98 Å². The fraction of sp³-hybridized carbons (Fsp3) is 0.211. The number of carbonyl (C=O) groups excluding carboxylic acids is 1. The molecule has 2 heterocycles. The number of esters is 1. The molecule has 0 radical (unpaired) electrons. The van der Waals surface area contributed by atoms with Gasteiger partial charge in [0.15, 0.2) is 5.82 Å². The van der Waals surface area contributed by atoms with E-state index in [0.29, 0.717) is 17.6 Å². The second kappa shape index (κ2) is 6.53. The zero-order chi connectivity index (χ0) is 18.3. The van der Waals surface area contributed by atoms with Gasteiger partial charge in [0.2, 0.25) is 0 Å². The summed E-state index contributed by atoms with van der Waals surface area (Å²) in [5, 5.41) is -0.0867. The molecule has 4 rings (SSSR count). The van der Waals surface area contributed by atoms with Gasteiger partial charge in [0, 0.05) is 16.9 Å². The summed E-state index contributed by atoms with van der Waals surface area (Å²) in [5.74, 6) is -1.45. The van der Waals surface area contributed by atoms with Crippen molar-refractivity contribution in [1.29, 1.82) is 0 Å². The quantitative estimate of drug-likeness (QED) is 0.521. The molecule has 1 aliphatic carbocycles. The third-order valence-corrected chi connectivity index (χ3v) is 4.83. The molecule has 1 fully saturated rings. The lowest BCUT2D eigenvalue weighted by Crippen LogP contribution is -2.25. The van der Waals surface area contributed by atoms with Gasteiger partial charge in [-0.3, -0.25) is 9.20 Å². The second-order valence-corrected chi connectivity index (χ2v) is 6.76. The average molecular weight is 373 g/mol. The van der Waals surface area contributed by atoms with Crippen LogP contribution in [-0.4, -0.2) is 20.7 Å². The third-order valence-electron chi connectivity index (χ3n) is 4.34. The zero-order valence-corrected chi connectivity index (χ0v) is 14.3. The number of carbonyl (C=O) groups is 1. The molecule has 26 heavy (non-hydrogen) atoms. The molecule has 2 atom stereocenters. The van der Waals surface area contributed by atoms with Crippen molar-refractivity contribution < 1.29 is 13.9 Å². The highest BCUT2D eigenvalue weighted by molar-refractivity contribution is 6.23. The first kappa shape index (κ1) is 16.7. The van der Waals surface area contributed by atoms with E-state index in [9.17, 15) is 14.0 Å². The lowest BCUT2D eigenvalue weighted by atomic mass is 10.1. The van der Waals surface area contributed by atoms with E-state index in [1.165, 1.54) is 6.07 Å². The van der Waals surface area contributed by atoms with E-state index >= 15 is 0 Å².